The van der Waals surface area contributed by atoms with E-state index < -0.39 is 0 Å². The molecule has 1 aromatic carbocycles. The molecule has 9 heteroatoms. The summed E-state index contributed by atoms with van der Waals surface area (Å²) in [6.45, 7) is 2.77. The minimum absolute atomic E-state index is 0.107. The number of unbranched alkanes of at least 4 members (excludes halogenated alkanes) is 1. The first kappa shape index (κ1) is 18.0. The molecule has 0 fully saturated rings. The van der Waals surface area contributed by atoms with Crippen LogP contribution in [-0.2, 0) is 11.3 Å². The van der Waals surface area contributed by atoms with Crippen LogP contribution in [0.4, 0.5) is 5.95 Å². The maximum absolute atomic E-state index is 11.8. The first-order valence-corrected chi connectivity index (χ1v) is 8.19. The fourth-order valence-corrected chi connectivity index (χ4v) is 2.04. The number of anilines is 1. The Morgan fingerprint density at radius 3 is 2.83 bits per heavy atom. The molecule has 1 heterocycles. The number of rotatable bonds is 6. The van der Waals surface area contributed by atoms with Gasteiger partial charge in [0.25, 0.3) is 5.95 Å². The Morgan fingerprint density at radius 2 is 2.12 bits per heavy atom. The first-order valence-electron chi connectivity index (χ1n) is 7.40. The summed E-state index contributed by atoms with van der Waals surface area (Å²) < 4.78 is 0. The van der Waals surface area contributed by atoms with Gasteiger partial charge >= 0.3 is 0 Å². The summed E-state index contributed by atoms with van der Waals surface area (Å²) in [4.78, 5) is 13.3. The van der Waals surface area contributed by atoms with Crippen LogP contribution in [0.15, 0.2) is 30.3 Å². The second-order valence-electron chi connectivity index (χ2n) is 4.89. The Hall–Kier alpha value is -2.32. The quantitative estimate of drug-likeness (QED) is 0.605. The van der Waals surface area contributed by atoms with E-state index in [1.165, 1.54) is 10.9 Å². The number of carbonyl (C=O) groups is 1. The van der Waals surface area contributed by atoms with E-state index in [0.29, 0.717) is 11.6 Å². The number of hydrogen-bond donors (Lipinski definition) is 2. The lowest BCUT2D eigenvalue weighted by atomic mass is 10.2. The molecule has 24 heavy (non-hydrogen) atoms. The van der Waals surface area contributed by atoms with Crippen LogP contribution in [-0.4, -0.2) is 31.2 Å². The van der Waals surface area contributed by atoms with Crippen molar-refractivity contribution < 1.29 is 4.79 Å². The highest BCUT2D eigenvalue weighted by Crippen LogP contribution is 2.10. The molecule has 0 aliphatic carbocycles. The van der Waals surface area contributed by atoms with Crippen molar-refractivity contribution in [1.82, 2.24) is 25.5 Å². The summed E-state index contributed by atoms with van der Waals surface area (Å²) in [5.74, 6) is -0.112. The largest absolute Gasteiger partial charge is 0.299 e. The predicted molar refractivity (Wildman–Crippen MR) is 97.6 cm³/mol. The smallest absolute Gasteiger partial charge is 0.269 e. The van der Waals surface area contributed by atoms with Gasteiger partial charge < -0.3 is 0 Å². The zero-order chi connectivity index (χ0) is 17.4. The Morgan fingerprint density at radius 1 is 1.38 bits per heavy atom. The SMILES string of the molecule is CCCCn1nnc(NC(=S)NC(=O)/C=C/c2ccc(Cl)cc2)n1. The Labute approximate surface area is 150 Å². The van der Waals surface area contributed by atoms with E-state index in [1.54, 1.807) is 30.3 Å². The molecule has 1 aromatic heterocycles. The first-order chi connectivity index (χ1) is 11.6. The van der Waals surface area contributed by atoms with Crippen LogP contribution < -0.4 is 10.6 Å². The molecule has 0 aliphatic heterocycles. The topological polar surface area (TPSA) is 84.7 Å². The summed E-state index contributed by atoms with van der Waals surface area (Å²) in [6, 6.07) is 7.11. The number of tetrazole rings is 1. The molecular formula is C15H17ClN6OS. The van der Waals surface area contributed by atoms with Crippen LogP contribution in [0.25, 0.3) is 6.08 Å². The van der Waals surface area contributed by atoms with Crippen LogP contribution >= 0.6 is 23.8 Å². The highest BCUT2D eigenvalue weighted by molar-refractivity contribution is 7.80. The molecular weight excluding hydrogens is 348 g/mol. The lowest BCUT2D eigenvalue weighted by Gasteiger charge is -2.03. The Bertz CT molecular complexity index is 728. The number of halogens is 1. The molecule has 0 unspecified atom stereocenters. The summed E-state index contributed by atoms with van der Waals surface area (Å²) in [5, 5.41) is 17.8. The predicted octanol–water partition coefficient (Wildman–Crippen LogP) is 2.65. The minimum Gasteiger partial charge on any atom is -0.299 e. The summed E-state index contributed by atoms with van der Waals surface area (Å²) in [7, 11) is 0. The van der Waals surface area contributed by atoms with Crippen LogP contribution in [0.2, 0.25) is 5.02 Å². The lowest BCUT2D eigenvalue weighted by Crippen LogP contribution is -2.33. The zero-order valence-electron chi connectivity index (χ0n) is 13.1. The van der Waals surface area contributed by atoms with Gasteiger partial charge in [0.2, 0.25) is 5.91 Å². The molecule has 2 N–H and O–H groups in total. The number of aromatic nitrogens is 4. The van der Waals surface area contributed by atoms with Gasteiger partial charge in [-0.05, 0) is 47.6 Å². The standard InChI is InChI=1S/C15H17ClN6OS/c1-2-3-10-22-20-14(19-21-22)18-15(24)17-13(23)9-6-11-4-7-12(16)8-5-11/h4-9H,2-3,10H2,1H3,(H2,17,18,20,23,24)/b9-6+. The second kappa shape index (κ2) is 9.09. The van der Waals surface area contributed by atoms with Gasteiger partial charge in [-0.2, -0.15) is 4.80 Å². The molecule has 0 atom stereocenters. The maximum Gasteiger partial charge on any atom is 0.269 e. The highest BCUT2D eigenvalue weighted by atomic mass is 35.5. The molecule has 0 aliphatic rings. The maximum atomic E-state index is 11.8. The van der Waals surface area contributed by atoms with Crippen molar-refractivity contribution in [3.63, 3.8) is 0 Å². The monoisotopic (exact) mass is 364 g/mol. The second-order valence-corrected chi connectivity index (χ2v) is 5.74. The lowest BCUT2D eigenvalue weighted by molar-refractivity contribution is -0.115. The average molecular weight is 365 g/mol. The van der Waals surface area contributed by atoms with E-state index in [-0.39, 0.29) is 17.0 Å². The van der Waals surface area contributed by atoms with E-state index in [2.05, 4.69) is 33.0 Å². The molecule has 0 saturated heterocycles. The third kappa shape index (κ3) is 6.05. The van der Waals surface area contributed by atoms with Crippen molar-refractivity contribution in [3.05, 3.63) is 40.9 Å². The zero-order valence-corrected chi connectivity index (χ0v) is 14.6. The van der Waals surface area contributed by atoms with Gasteiger partial charge in [-0.1, -0.05) is 42.2 Å². The summed E-state index contributed by atoms with van der Waals surface area (Å²) in [6.07, 6.45) is 5.04. The molecule has 0 radical (unpaired) electrons. The van der Waals surface area contributed by atoms with Gasteiger partial charge in [0.1, 0.15) is 0 Å². The molecule has 2 rings (SSSR count). The normalized spacial score (nSPS) is 10.8. The number of nitrogens with one attached hydrogen (secondary N) is 2. The van der Waals surface area contributed by atoms with Gasteiger partial charge in [0.05, 0.1) is 6.54 Å². The molecule has 0 bridgehead atoms. The van der Waals surface area contributed by atoms with Crippen molar-refractivity contribution in [3.8, 4) is 0 Å². The Kier molecular flexibility index (Phi) is 6.83. The van der Waals surface area contributed by atoms with Crippen molar-refractivity contribution >= 4 is 46.9 Å². The van der Waals surface area contributed by atoms with Crippen LogP contribution in [0.1, 0.15) is 25.3 Å². The number of carbonyl (C=O) groups excluding carboxylic acids is 1. The van der Waals surface area contributed by atoms with Gasteiger partial charge in [0.15, 0.2) is 5.11 Å². The van der Waals surface area contributed by atoms with Crippen LogP contribution in [0, 0.1) is 0 Å². The van der Waals surface area contributed by atoms with Crippen molar-refractivity contribution in [1.29, 1.82) is 0 Å². The van der Waals surface area contributed by atoms with Crippen molar-refractivity contribution in [2.24, 2.45) is 0 Å². The number of thiocarbonyl (C=S) groups is 1. The molecule has 126 valence electrons. The Balaban J connectivity index is 1.81. The van der Waals surface area contributed by atoms with E-state index in [9.17, 15) is 4.79 Å². The summed E-state index contributed by atoms with van der Waals surface area (Å²) in [5.41, 5.74) is 0.856. The number of benzene rings is 1. The van der Waals surface area contributed by atoms with E-state index in [0.717, 1.165) is 18.4 Å². The third-order valence-electron chi connectivity index (χ3n) is 2.92. The third-order valence-corrected chi connectivity index (χ3v) is 3.38. The minimum atomic E-state index is -0.360. The fraction of sp³-hybridized carbons (Fsp3) is 0.267. The van der Waals surface area contributed by atoms with Crippen LogP contribution in [0.3, 0.4) is 0 Å². The van der Waals surface area contributed by atoms with Crippen LogP contribution in [0.5, 0.6) is 0 Å². The molecule has 2 aromatic rings. The van der Waals surface area contributed by atoms with E-state index in [4.69, 9.17) is 23.8 Å². The molecule has 0 saturated carbocycles. The van der Waals surface area contributed by atoms with E-state index >= 15 is 0 Å². The fourth-order valence-electron chi connectivity index (χ4n) is 1.72. The number of amides is 1. The molecule has 1 amide bonds. The van der Waals surface area contributed by atoms with Gasteiger partial charge in [-0.3, -0.25) is 15.4 Å². The average Bonchev–Trinajstić information content (AvgIpc) is 2.99. The van der Waals surface area contributed by atoms with Gasteiger partial charge in [-0.15, -0.1) is 5.10 Å². The number of hydrogen-bond acceptors (Lipinski definition) is 5. The molecule has 7 nitrogen and oxygen atoms in total. The highest BCUT2D eigenvalue weighted by Gasteiger charge is 2.06. The van der Waals surface area contributed by atoms with E-state index in [1.807, 2.05) is 0 Å². The molecule has 0 spiro atoms. The van der Waals surface area contributed by atoms with Gasteiger partial charge in [0, 0.05) is 11.1 Å². The number of nitrogens with zero attached hydrogens (tertiary/aromatic N) is 4. The number of aryl methyl sites for hydroxylation is 1. The van der Waals surface area contributed by atoms with Crippen molar-refractivity contribution in [2.45, 2.75) is 26.3 Å². The van der Waals surface area contributed by atoms with Crippen molar-refractivity contribution in [2.75, 3.05) is 5.32 Å². The van der Waals surface area contributed by atoms with Gasteiger partial charge in [-0.25, -0.2) is 0 Å². The summed E-state index contributed by atoms with van der Waals surface area (Å²) >= 11 is 10.8.